The van der Waals surface area contributed by atoms with Crippen LogP contribution < -0.4 is 20.1 Å². The van der Waals surface area contributed by atoms with Crippen LogP contribution in [0, 0.1) is 0 Å². The second-order valence-electron chi connectivity index (χ2n) is 12.0. The Morgan fingerprint density at radius 2 is 1.57 bits per heavy atom. The van der Waals surface area contributed by atoms with Gasteiger partial charge in [0.25, 0.3) is 5.92 Å². The second-order valence-corrected chi connectivity index (χ2v) is 12.0. The maximum Gasteiger partial charge on any atom is 0.410 e. The molecule has 0 aliphatic carbocycles. The molecule has 4 aromatic rings. The van der Waals surface area contributed by atoms with Gasteiger partial charge in [0.15, 0.2) is 5.82 Å². The van der Waals surface area contributed by atoms with Crippen molar-refractivity contribution in [3.63, 3.8) is 0 Å². The van der Waals surface area contributed by atoms with Crippen molar-refractivity contribution < 1.29 is 27.8 Å². The Bertz CT molecular complexity index is 1610. The Kier molecular flexibility index (Phi) is 8.53. The summed E-state index contributed by atoms with van der Waals surface area (Å²) in [6, 6.07) is 15.9. The number of imidazole rings is 1. The average Bonchev–Trinajstić information content (AvgIpc) is 3.31. The zero-order valence-electron chi connectivity index (χ0n) is 25.5. The van der Waals surface area contributed by atoms with Crippen LogP contribution in [0.1, 0.15) is 44.4 Å². The number of hydrogen-bond donors (Lipinski definition) is 1. The molecule has 1 aliphatic heterocycles. The van der Waals surface area contributed by atoms with Gasteiger partial charge in [-0.25, -0.2) is 23.4 Å². The number of rotatable bonds is 8. The highest BCUT2D eigenvalue weighted by Crippen LogP contribution is 2.36. The van der Waals surface area contributed by atoms with Crippen LogP contribution in [0.25, 0.3) is 11.0 Å². The number of halogens is 2. The smallest absolute Gasteiger partial charge is 0.410 e. The predicted molar refractivity (Wildman–Crippen MR) is 163 cm³/mol. The van der Waals surface area contributed by atoms with Crippen molar-refractivity contribution in [2.24, 2.45) is 0 Å². The number of carbonyl (C=O) groups is 1. The molecule has 5 rings (SSSR count). The van der Waals surface area contributed by atoms with Crippen LogP contribution in [0.5, 0.6) is 11.5 Å². The number of amides is 1. The van der Waals surface area contributed by atoms with Gasteiger partial charge in [0.05, 0.1) is 32.3 Å². The number of aromatic nitrogens is 3. The van der Waals surface area contributed by atoms with Gasteiger partial charge in [-0.15, -0.1) is 0 Å². The molecular formula is C32H37F2N5O5. The van der Waals surface area contributed by atoms with Crippen molar-refractivity contribution in [2.45, 2.75) is 57.8 Å². The number of hydrogen-bond acceptors (Lipinski definition) is 7. The molecule has 44 heavy (non-hydrogen) atoms. The van der Waals surface area contributed by atoms with E-state index in [1.165, 1.54) is 4.57 Å². The molecule has 234 valence electrons. The molecule has 3 heterocycles. The summed E-state index contributed by atoms with van der Waals surface area (Å²) < 4.78 is 47.3. The van der Waals surface area contributed by atoms with Crippen molar-refractivity contribution >= 4 is 22.9 Å². The van der Waals surface area contributed by atoms with E-state index in [1.54, 1.807) is 47.3 Å². The van der Waals surface area contributed by atoms with E-state index >= 15 is 8.78 Å². The standard InChI is InChI=1S/C32H37F2N5O5/c1-31(2,3)44-30(41)38-19-23(16-32(33,34)20-38)39-26-14-15-35-28(27(26)36-29(39)40)37(17-21-6-10-24(42-4)11-7-21)18-22-8-12-25(43-5)13-9-22/h6-15,23H,16-20H2,1-5H3,(H,36,40)/t23-/m0/s1. The first-order chi connectivity index (χ1) is 20.9. The van der Waals surface area contributed by atoms with Gasteiger partial charge < -0.3 is 29.0 Å². The van der Waals surface area contributed by atoms with Gasteiger partial charge in [0.1, 0.15) is 22.6 Å². The molecule has 1 atom stereocenters. The second kappa shape index (κ2) is 12.2. The van der Waals surface area contributed by atoms with E-state index in [0.29, 0.717) is 29.9 Å². The predicted octanol–water partition coefficient (Wildman–Crippen LogP) is 5.77. The number of anilines is 1. The van der Waals surface area contributed by atoms with Gasteiger partial charge in [-0.3, -0.25) is 4.57 Å². The number of alkyl halides is 2. The molecule has 1 amide bonds. The van der Waals surface area contributed by atoms with Gasteiger partial charge in [-0.05, 0) is 62.2 Å². The van der Waals surface area contributed by atoms with Gasteiger partial charge in [0.2, 0.25) is 0 Å². The first-order valence-corrected chi connectivity index (χ1v) is 14.3. The summed E-state index contributed by atoms with van der Waals surface area (Å²) >= 11 is 0. The van der Waals surface area contributed by atoms with E-state index in [1.807, 2.05) is 53.4 Å². The fourth-order valence-corrected chi connectivity index (χ4v) is 5.46. The van der Waals surface area contributed by atoms with Crippen LogP contribution in [-0.4, -0.2) is 64.4 Å². The third-order valence-corrected chi connectivity index (χ3v) is 7.39. The maximum absolute atomic E-state index is 15.0. The van der Waals surface area contributed by atoms with Crippen LogP contribution in [0.3, 0.4) is 0 Å². The number of fused-ring (bicyclic) bond motifs is 1. The highest BCUT2D eigenvalue weighted by atomic mass is 19.3. The van der Waals surface area contributed by atoms with Crippen molar-refractivity contribution in [3.05, 3.63) is 82.4 Å². The van der Waals surface area contributed by atoms with Crippen LogP contribution in [0.2, 0.25) is 0 Å². The van der Waals surface area contributed by atoms with Gasteiger partial charge >= 0.3 is 11.8 Å². The molecule has 0 unspecified atom stereocenters. The van der Waals surface area contributed by atoms with Gasteiger partial charge in [-0.2, -0.15) is 0 Å². The first kappa shape index (κ1) is 30.8. The van der Waals surface area contributed by atoms with Crippen LogP contribution in [-0.2, 0) is 17.8 Å². The molecule has 1 N–H and O–H groups in total. The number of benzene rings is 2. The SMILES string of the molecule is COc1ccc(CN(Cc2ccc(OC)cc2)c2nccc3c2[nH]c(=O)n3[C@@H]2CN(C(=O)OC(C)(C)C)CC(F)(F)C2)cc1. The Morgan fingerprint density at radius 3 is 2.09 bits per heavy atom. The molecular weight excluding hydrogens is 572 g/mol. The number of ether oxygens (including phenoxy) is 3. The number of pyridine rings is 1. The largest absolute Gasteiger partial charge is 0.497 e. The molecule has 10 nitrogen and oxygen atoms in total. The molecule has 1 aliphatic rings. The fourth-order valence-electron chi connectivity index (χ4n) is 5.46. The third kappa shape index (κ3) is 6.95. The Morgan fingerprint density at radius 1 is 1.00 bits per heavy atom. The van der Waals surface area contributed by atoms with E-state index in [9.17, 15) is 9.59 Å². The molecule has 2 aromatic carbocycles. The zero-order valence-corrected chi connectivity index (χ0v) is 25.5. The number of piperidine rings is 1. The molecule has 12 heteroatoms. The number of methoxy groups -OCH3 is 2. The number of carbonyl (C=O) groups excluding carboxylic acids is 1. The molecule has 2 aromatic heterocycles. The molecule has 0 spiro atoms. The van der Waals surface area contributed by atoms with Crippen LogP contribution in [0.4, 0.5) is 19.4 Å². The van der Waals surface area contributed by atoms with Gasteiger partial charge in [-0.1, -0.05) is 24.3 Å². The van der Waals surface area contributed by atoms with E-state index < -0.39 is 42.3 Å². The molecule has 1 fully saturated rings. The zero-order chi connectivity index (χ0) is 31.6. The minimum absolute atomic E-state index is 0.101. The fraction of sp³-hybridized carbons (Fsp3) is 0.406. The summed E-state index contributed by atoms with van der Waals surface area (Å²) in [6.45, 7) is 5.01. The lowest BCUT2D eigenvalue weighted by molar-refractivity contribution is -0.0836. The first-order valence-electron chi connectivity index (χ1n) is 14.3. The van der Waals surface area contributed by atoms with E-state index in [-0.39, 0.29) is 6.54 Å². The highest BCUT2D eigenvalue weighted by Gasteiger charge is 2.44. The average molecular weight is 610 g/mol. The summed E-state index contributed by atoms with van der Waals surface area (Å²) in [5.41, 5.74) is 1.36. The minimum atomic E-state index is -3.21. The molecule has 1 saturated heterocycles. The van der Waals surface area contributed by atoms with Crippen molar-refractivity contribution in [1.82, 2.24) is 19.4 Å². The van der Waals surface area contributed by atoms with Gasteiger partial charge in [0, 0.05) is 32.3 Å². The Balaban J connectivity index is 1.53. The maximum atomic E-state index is 15.0. The summed E-state index contributed by atoms with van der Waals surface area (Å²) in [7, 11) is 3.21. The van der Waals surface area contributed by atoms with Crippen molar-refractivity contribution in [3.8, 4) is 11.5 Å². The number of nitrogens with zero attached hydrogens (tertiary/aromatic N) is 4. The minimum Gasteiger partial charge on any atom is -0.497 e. The number of H-pyrrole nitrogens is 1. The van der Waals surface area contributed by atoms with E-state index in [0.717, 1.165) is 27.5 Å². The Labute approximate surface area is 254 Å². The Hall–Kier alpha value is -4.61. The lowest BCUT2D eigenvalue weighted by Gasteiger charge is -2.38. The molecule has 0 radical (unpaired) electrons. The summed E-state index contributed by atoms with van der Waals surface area (Å²) in [4.78, 5) is 36.7. The molecule has 0 bridgehead atoms. The van der Waals surface area contributed by atoms with Crippen LogP contribution in [0.15, 0.2) is 65.6 Å². The van der Waals surface area contributed by atoms with Crippen molar-refractivity contribution in [1.29, 1.82) is 0 Å². The summed E-state index contributed by atoms with van der Waals surface area (Å²) in [6.07, 6.45) is 0.115. The summed E-state index contributed by atoms with van der Waals surface area (Å²) in [5, 5.41) is 0. The normalized spacial score (nSPS) is 16.5. The van der Waals surface area contributed by atoms with E-state index in [4.69, 9.17) is 14.2 Å². The quantitative estimate of drug-likeness (QED) is 0.271. The number of aromatic amines is 1. The third-order valence-electron chi connectivity index (χ3n) is 7.39. The van der Waals surface area contributed by atoms with Crippen LogP contribution >= 0.6 is 0 Å². The lowest BCUT2D eigenvalue weighted by Crippen LogP contribution is -2.52. The monoisotopic (exact) mass is 609 g/mol. The highest BCUT2D eigenvalue weighted by molar-refractivity contribution is 5.86. The number of likely N-dealkylation sites (tertiary alicyclic amines) is 1. The number of nitrogens with one attached hydrogen (secondary N) is 1. The summed E-state index contributed by atoms with van der Waals surface area (Å²) in [5.74, 6) is -1.28. The molecule has 0 saturated carbocycles. The topological polar surface area (TPSA) is 102 Å². The lowest BCUT2D eigenvalue weighted by atomic mass is 10.0. The van der Waals surface area contributed by atoms with E-state index in [2.05, 4.69) is 9.97 Å². The van der Waals surface area contributed by atoms with Crippen molar-refractivity contribution in [2.75, 3.05) is 32.2 Å².